The number of urea groups is 1. The van der Waals surface area contributed by atoms with Crippen LogP contribution in [0.4, 0.5) is 4.79 Å². The molecular weight excluding hydrogens is 166 g/mol. The van der Waals surface area contributed by atoms with Crippen LogP contribution in [0, 0.1) is 0 Å². The number of amides is 2. The molecule has 1 rings (SSSR count). The molecule has 0 aromatic rings. The minimum Gasteiger partial charge on any atom is -0.332 e. The summed E-state index contributed by atoms with van der Waals surface area (Å²) in [5.41, 5.74) is 2.91. The van der Waals surface area contributed by atoms with Crippen LogP contribution in [0.5, 0.6) is 0 Å². The molecule has 0 spiro atoms. The highest BCUT2D eigenvalue weighted by Crippen LogP contribution is 2.03. The van der Waals surface area contributed by atoms with E-state index in [9.17, 15) is 4.79 Å². The lowest BCUT2D eigenvalue weighted by Gasteiger charge is -2.31. The van der Waals surface area contributed by atoms with Gasteiger partial charge in [-0.1, -0.05) is 0 Å². The average molecular weight is 185 g/mol. The van der Waals surface area contributed by atoms with Crippen LogP contribution in [0.25, 0.3) is 0 Å². The minimum atomic E-state index is -0.157. The number of rotatable bonds is 0. The van der Waals surface area contributed by atoms with Gasteiger partial charge in [0.25, 0.3) is 0 Å². The molecule has 1 heterocycles. The largest absolute Gasteiger partial charge is 0.332 e. The Bertz CT molecular complexity index is 180. The summed E-state index contributed by atoms with van der Waals surface area (Å²) in [6, 6.07) is -0.0211. The van der Waals surface area contributed by atoms with Crippen LogP contribution >= 0.6 is 0 Å². The van der Waals surface area contributed by atoms with Gasteiger partial charge in [-0.05, 0) is 33.6 Å². The number of carbonyl (C=O) groups excluding carboxylic acids is 1. The maximum atomic E-state index is 11.6. The molecule has 1 saturated heterocycles. The molecule has 0 aliphatic carbocycles. The Labute approximate surface area is 79.6 Å². The second kappa shape index (κ2) is 3.96. The lowest BCUT2D eigenvalue weighted by atomic mass is 10.1. The van der Waals surface area contributed by atoms with Crippen LogP contribution < -0.4 is 10.7 Å². The number of nitrogens with zero attached hydrogens (tertiary/aromatic N) is 1. The normalized spacial score (nSPS) is 18.5. The molecule has 2 amide bonds. The van der Waals surface area contributed by atoms with Crippen molar-refractivity contribution in [3.8, 4) is 0 Å². The third-order valence-corrected chi connectivity index (χ3v) is 1.84. The molecule has 1 aliphatic heterocycles. The first-order valence-electron chi connectivity index (χ1n) is 4.82. The first kappa shape index (κ1) is 10.3. The standard InChI is InChI=1S/C9H19N3O/c1-9(2,3)11-8(13)12-7-5-4-6-10-12/h10H,4-7H2,1-3H3,(H,11,13). The molecule has 4 nitrogen and oxygen atoms in total. The quantitative estimate of drug-likeness (QED) is 0.593. The average Bonchev–Trinajstić information content (AvgIpc) is 2.03. The smallest absolute Gasteiger partial charge is 0.332 e. The molecular formula is C9H19N3O. The molecule has 76 valence electrons. The predicted molar refractivity (Wildman–Crippen MR) is 52.2 cm³/mol. The minimum absolute atomic E-state index is 0.0211. The monoisotopic (exact) mass is 185 g/mol. The summed E-state index contributed by atoms with van der Waals surface area (Å²) in [6.07, 6.45) is 2.24. The number of carbonyl (C=O) groups is 1. The zero-order valence-electron chi connectivity index (χ0n) is 8.68. The zero-order chi connectivity index (χ0) is 9.90. The molecule has 0 aromatic heterocycles. The molecule has 0 saturated carbocycles. The molecule has 13 heavy (non-hydrogen) atoms. The van der Waals surface area contributed by atoms with E-state index in [1.165, 1.54) is 0 Å². The van der Waals surface area contributed by atoms with Gasteiger partial charge in [-0.25, -0.2) is 10.2 Å². The highest BCUT2D eigenvalue weighted by Gasteiger charge is 2.20. The first-order valence-corrected chi connectivity index (χ1v) is 4.82. The van der Waals surface area contributed by atoms with Gasteiger partial charge in [0.2, 0.25) is 0 Å². The molecule has 4 heteroatoms. The Morgan fingerprint density at radius 1 is 1.38 bits per heavy atom. The summed E-state index contributed by atoms with van der Waals surface area (Å²) in [6.45, 7) is 7.65. The number of hydrogen-bond acceptors (Lipinski definition) is 2. The van der Waals surface area contributed by atoms with E-state index >= 15 is 0 Å². The zero-order valence-corrected chi connectivity index (χ0v) is 8.68. The Kier molecular flexibility index (Phi) is 3.14. The molecule has 1 fully saturated rings. The van der Waals surface area contributed by atoms with Crippen molar-refractivity contribution in [3.63, 3.8) is 0 Å². The van der Waals surface area contributed by atoms with Crippen molar-refractivity contribution in [1.82, 2.24) is 15.8 Å². The van der Waals surface area contributed by atoms with Gasteiger partial charge >= 0.3 is 6.03 Å². The molecule has 0 aromatic carbocycles. The van der Waals surface area contributed by atoms with E-state index in [-0.39, 0.29) is 11.6 Å². The molecule has 0 bridgehead atoms. The van der Waals surface area contributed by atoms with Gasteiger partial charge in [0, 0.05) is 18.6 Å². The van der Waals surface area contributed by atoms with Crippen LogP contribution in [0.2, 0.25) is 0 Å². The van der Waals surface area contributed by atoms with Crippen molar-refractivity contribution >= 4 is 6.03 Å². The van der Waals surface area contributed by atoms with Crippen molar-refractivity contribution in [3.05, 3.63) is 0 Å². The maximum Gasteiger partial charge on any atom is 0.332 e. The summed E-state index contributed by atoms with van der Waals surface area (Å²) in [5, 5.41) is 4.57. The highest BCUT2D eigenvalue weighted by molar-refractivity contribution is 5.74. The van der Waals surface area contributed by atoms with Crippen molar-refractivity contribution in [2.24, 2.45) is 0 Å². The fourth-order valence-electron chi connectivity index (χ4n) is 1.25. The second-order valence-electron chi connectivity index (χ2n) is 4.45. The Balaban J connectivity index is 2.38. The van der Waals surface area contributed by atoms with Gasteiger partial charge in [0.05, 0.1) is 0 Å². The molecule has 0 unspecified atom stereocenters. The Morgan fingerprint density at radius 2 is 2.08 bits per heavy atom. The lowest BCUT2D eigenvalue weighted by Crippen LogP contribution is -2.55. The van der Waals surface area contributed by atoms with E-state index in [1.54, 1.807) is 5.01 Å². The van der Waals surface area contributed by atoms with E-state index in [2.05, 4.69) is 10.7 Å². The van der Waals surface area contributed by atoms with Crippen LogP contribution in [0.3, 0.4) is 0 Å². The number of hydrogen-bond donors (Lipinski definition) is 2. The van der Waals surface area contributed by atoms with Gasteiger partial charge in [0.1, 0.15) is 0 Å². The van der Waals surface area contributed by atoms with Crippen molar-refractivity contribution in [2.45, 2.75) is 39.2 Å². The van der Waals surface area contributed by atoms with Crippen LogP contribution in [-0.4, -0.2) is 29.7 Å². The maximum absolute atomic E-state index is 11.6. The lowest BCUT2D eigenvalue weighted by molar-refractivity contribution is 0.146. The van der Waals surface area contributed by atoms with E-state index in [0.717, 1.165) is 25.9 Å². The Morgan fingerprint density at radius 3 is 2.54 bits per heavy atom. The summed E-state index contributed by atoms with van der Waals surface area (Å²) in [5.74, 6) is 0. The van der Waals surface area contributed by atoms with E-state index in [1.807, 2.05) is 20.8 Å². The molecule has 1 aliphatic rings. The molecule has 0 atom stereocenters. The van der Waals surface area contributed by atoms with Crippen LogP contribution in [-0.2, 0) is 0 Å². The summed E-state index contributed by atoms with van der Waals surface area (Å²) in [7, 11) is 0. The fourth-order valence-corrected chi connectivity index (χ4v) is 1.25. The van der Waals surface area contributed by atoms with E-state index in [0.29, 0.717) is 0 Å². The summed E-state index contributed by atoms with van der Waals surface area (Å²) >= 11 is 0. The van der Waals surface area contributed by atoms with Crippen LogP contribution in [0.15, 0.2) is 0 Å². The Hall–Kier alpha value is -0.770. The van der Waals surface area contributed by atoms with Crippen molar-refractivity contribution in [1.29, 1.82) is 0 Å². The van der Waals surface area contributed by atoms with Crippen molar-refractivity contribution in [2.75, 3.05) is 13.1 Å². The third-order valence-electron chi connectivity index (χ3n) is 1.84. The van der Waals surface area contributed by atoms with Crippen molar-refractivity contribution < 1.29 is 4.79 Å². The van der Waals surface area contributed by atoms with E-state index in [4.69, 9.17) is 0 Å². The predicted octanol–water partition coefficient (Wildman–Crippen LogP) is 1.09. The van der Waals surface area contributed by atoms with Gasteiger partial charge in [-0.3, -0.25) is 5.01 Å². The highest BCUT2D eigenvalue weighted by atomic mass is 16.2. The SMILES string of the molecule is CC(C)(C)NC(=O)N1CCCCN1. The molecule has 0 radical (unpaired) electrons. The third kappa shape index (κ3) is 3.63. The van der Waals surface area contributed by atoms with Gasteiger partial charge in [0.15, 0.2) is 0 Å². The van der Waals surface area contributed by atoms with Crippen LogP contribution in [0.1, 0.15) is 33.6 Å². The number of hydrazine groups is 1. The summed E-state index contributed by atoms with van der Waals surface area (Å²) < 4.78 is 0. The first-order chi connectivity index (χ1) is 5.99. The fraction of sp³-hybridized carbons (Fsp3) is 0.889. The van der Waals surface area contributed by atoms with Gasteiger partial charge in [-0.15, -0.1) is 0 Å². The molecule has 2 N–H and O–H groups in total. The van der Waals surface area contributed by atoms with Gasteiger partial charge < -0.3 is 5.32 Å². The van der Waals surface area contributed by atoms with E-state index < -0.39 is 0 Å². The topological polar surface area (TPSA) is 44.4 Å². The summed E-state index contributed by atoms with van der Waals surface area (Å²) in [4.78, 5) is 11.6. The second-order valence-corrected chi connectivity index (χ2v) is 4.45. The van der Waals surface area contributed by atoms with Gasteiger partial charge in [-0.2, -0.15) is 0 Å². The number of nitrogens with one attached hydrogen (secondary N) is 2.